The molecule has 22 heavy (non-hydrogen) atoms. The summed E-state index contributed by atoms with van der Waals surface area (Å²) < 4.78 is 4.93. The van der Waals surface area contributed by atoms with E-state index in [2.05, 4.69) is 15.2 Å². The van der Waals surface area contributed by atoms with Crippen molar-refractivity contribution in [2.45, 2.75) is 6.92 Å². The predicted molar refractivity (Wildman–Crippen MR) is 83.2 cm³/mol. The van der Waals surface area contributed by atoms with Crippen LogP contribution < -0.4 is 0 Å². The number of rotatable bonds is 4. The molecule has 2 aromatic heterocycles. The van der Waals surface area contributed by atoms with E-state index in [1.54, 1.807) is 19.2 Å². The summed E-state index contributed by atoms with van der Waals surface area (Å²) >= 11 is 0. The lowest BCUT2D eigenvalue weighted by Gasteiger charge is -2.01. The molecule has 0 saturated carbocycles. The van der Waals surface area contributed by atoms with Crippen molar-refractivity contribution in [3.8, 4) is 22.5 Å². The first-order valence-corrected chi connectivity index (χ1v) is 7.02. The molecule has 0 unspecified atom stereocenters. The minimum absolute atomic E-state index is 0.334. The normalized spacial score (nSPS) is 10.4. The summed E-state index contributed by atoms with van der Waals surface area (Å²) in [5.41, 5.74) is 3.79. The van der Waals surface area contributed by atoms with Crippen LogP contribution in [0.25, 0.3) is 22.5 Å². The number of hydrogen-bond donors (Lipinski definition) is 1. The SMILES string of the molecule is CCOC(=O)c1cc(-c2ccc(-c3ccccc3)nc2)n[nH]1. The quantitative estimate of drug-likeness (QED) is 0.749. The fourth-order valence-corrected chi connectivity index (χ4v) is 2.11. The highest BCUT2D eigenvalue weighted by Gasteiger charge is 2.12. The summed E-state index contributed by atoms with van der Waals surface area (Å²) in [6.07, 6.45) is 1.74. The van der Waals surface area contributed by atoms with Gasteiger partial charge in [-0.1, -0.05) is 30.3 Å². The molecule has 0 aliphatic heterocycles. The molecule has 1 N–H and O–H groups in total. The smallest absolute Gasteiger partial charge is 0.356 e. The minimum atomic E-state index is -0.407. The fraction of sp³-hybridized carbons (Fsp3) is 0.118. The molecule has 0 radical (unpaired) electrons. The summed E-state index contributed by atoms with van der Waals surface area (Å²) in [4.78, 5) is 16.1. The van der Waals surface area contributed by atoms with Crippen LogP contribution >= 0.6 is 0 Å². The number of H-pyrrole nitrogens is 1. The Morgan fingerprint density at radius 1 is 1.09 bits per heavy atom. The maximum absolute atomic E-state index is 11.6. The average Bonchev–Trinajstić information content (AvgIpc) is 3.06. The Hall–Kier alpha value is -2.95. The highest BCUT2D eigenvalue weighted by Crippen LogP contribution is 2.21. The first-order chi connectivity index (χ1) is 10.8. The van der Waals surface area contributed by atoms with Gasteiger partial charge >= 0.3 is 5.97 Å². The topological polar surface area (TPSA) is 67.9 Å². The summed E-state index contributed by atoms with van der Waals surface area (Å²) in [7, 11) is 0. The summed E-state index contributed by atoms with van der Waals surface area (Å²) in [6.45, 7) is 2.10. The van der Waals surface area contributed by atoms with Crippen molar-refractivity contribution in [2.24, 2.45) is 0 Å². The van der Waals surface area contributed by atoms with Crippen molar-refractivity contribution < 1.29 is 9.53 Å². The molecule has 5 heteroatoms. The van der Waals surface area contributed by atoms with Gasteiger partial charge in [0.1, 0.15) is 5.69 Å². The van der Waals surface area contributed by atoms with Gasteiger partial charge in [0.15, 0.2) is 0 Å². The van der Waals surface area contributed by atoms with Gasteiger partial charge in [0, 0.05) is 17.3 Å². The zero-order valence-electron chi connectivity index (χ0n) is 12.1. The molecule has 0 saturated heterocycles. The molecule has 5 nitrogen and oxygen atoms in total. The molecule has 0 spiro atoms. The van der Waals surface area contributed by atoms with Gasteiger partial charge in [0.05, 0.1) is 18.0 Å². The second-order valence-corrected chi connectivity index (χ2v) is 4.69. The molecule has 0 aliphatic carbocycles. The van der Waals surface area contributed by atoms with E-state index in [1.807, 2.05) is 42.5 Å². The van der Waals surface area contributed by atoms with Crippen molar-refractivity contribution in [2.75, 3.05) is 6.61 Å². The Bertz CT molecular complexity index is 764. The van der Waals surface area contributed by atoms with Crippen molar-refractivity contribution in [3.63, 3.8) is 0 Å². The fourth-order valence-electron chi connectivity index (χ4n) is 2.11. The molecule has 0 bridgehead atoms. The van der Waals surface area contributed by atoms with Crippen molar-refractivity contribution >= 4 is 5.97 Å². The van der Waals surface area contributed by atoms with Gasteiger partial charge in [-0.15, -0.1) is 0 Å². The lowest BCUT2D eigenvalue weighted by Crippen LogP contribution is -2.04. The summed E-state index contributed by atoms with van der Waals surface area (Å²) in [5.74, 6) is -0.407. The van der Waals surface area contributed by atoms with Gasteiger partial charge in [-0.25, -0.2) is 4.79 Å². The number of aromatic nitrogens is 3. The largest absolute Gasteiger partial charge is 0.461 e. The first kappa shape index (κ1) is 14.0. The Morgan fingerprint density at radius 2 is 1.91 bits per heavy atom. The molecule has 0 atom stereocenters. The molecule has 3 rings (SSSR count). The van der Waals surface area contributed by atoms with Crippen LogP contribution in [0.15, 0.2) is 54.7 Å². The number of carbonyl (C=O) groups excluding carboxylic acids is 1. The van der Waals surface area contributed by atoms with E-state index in [1.165, 1.54) is 0 Å². The predicted octanol–water partition coefficient (Wildman–Crippen LogP) is 3.32. The average molecular weight is 293 g/mol. The van der Waals surface area contributed by atoms with Crippen LogP contribution in [-0.4, -0.2) is 27.8 Å². The molecule has 110 valence electrons. The molecule has 0 amide bonds. The zero-order chi connectivity index (χ0) is 15.4. The molecule has 0 fully saturated rings. The van der Waals surface area contributed by atoms with E-state index < -0.39 is 5.97 Å². The van der Waals surface area contributed by atoms with E-state index in [9.17, 15) is 4.79 Å². The Labute approximate surface area is 128 Å². The number of esters is 1. The van der Waals surface area contributed by atoms with Crippen LogP contribution in [0.3, 0.4) is 0 Å². The number of nitrogens with zero attached hydrogens (tertiary/aromatic N) is 2. The molecule has 1 aromatic carbocycles. The zero-order valence-corrected chi connectivity index (χ0v) is 12.1. The number of hydrogen-bond acceptors (Lipinski definition) is 4. The van der Waals surface area contributed by atoms with Crippen LogP contribution in [0.2, 0.25) is 0 Å². The van der Waals surface area contributed by atoms with Crippen molar-refractivity contribution in [1.82, 2.24) is 15.2 Å². The third kappa shape index (κ3) is 2.88. The third-order valence-corrected chi connectivity index (χ3v) is 3.20. The van der Waals surface area contributed by atoms with E-state index in [0.29, 0.717) is 18.0 Å². The highest BCUT2D eigenvalue weighted by atomic mass is 16.5. The Kier molecular flexibility index (Phi) is 3.96. The van der Waals surface area contributed by atoms with Crippen molar-refractivity contribution in [3.05, 3.63) is 60.4 Å². The Balaban J connectivity index is 1.83. The number of benzene rings is 1. The second kappa shape index (κ2) is 6.22. The van der Waals surface area contributed by atoms with Crippen LogP contribution in [0.5, 0.6) is 0 Å². The third-order valence-electron chi connectivity index (χ3n) is 3.20. The van der Waals surface area contributed by atoms with E-state index in [-0.39, 0.29) is 0 Å². The lowest BCUT2D eigenvalue weighted by atomic mass is 10.1. The van der Waals surface area contributed by atoms with Gasteiger partial charge in [-0.3, -0.25) is 10.1 Å². The summed E-state index contributed by atoms with van der Waals surface area (Å²) in [5, 5.41) is 6.81. The number of pyridine rings is 1. The van der Waals surface area contributed by atoms with Gasteiger partial charge in [0.2, 0.25) is 0 Å². The second-order valence-electron chi connectivity index (χ2n) is 4.69. The van der Waals surface area contributed by atoms with Gasteiger partial charge < -0.3 is 4.74 Å². The molecule has 0 aliphatic rings. The van der Waals surface area contributed by atoms with Gasteiger partial charge in [-0.2, -0.15) is 5.10 Å². The molecular formula is C17H15N3O2. The maximum atomic E-state index is 11.6. The Morgan fingerprint density at radius 3 is 2.59 bits per heavy atom. The standard InChI is InChI=1S/C17H15N3O2/c1-2-22-17(21)16-10-15(19-20-16)13-8-9-14(18-11-13)12-6-4-3-5-7-12/h3-11H,2H2,1H3,(H,19,20). The first-order valence-electron chi connectivity index (χ1n) is 7.02. The van der Waals surface area contributed by atoms with Gasteiger partial charge in [0.25, 0.3) is 0 Å². The van der Waals surface area contributed by atoms with Gasteiger partial charge in [-0.05, 0) is 25.1 Å². The highest BCUT2D eigenvalue weighted by molar-refractivity contribution is 5.88. The number of aromatic amines is 1. The van der Waals surface area contributed by atoms with Crippen LogP contribution in [0.4, 0.5) is 0 Å². The lowest BCUT2D eigenvalue weighted by molar-refractivity contribution is 0.0519. The minimum Gasteiger partial charge on any atom is -0.461 e. The molecule has 3 aromatic rings. The van der Waals surface area contributed by atoms with Crippen molar-refractivity contribution in [1.29, 1.82) is 0 Å². The monoisotopic (exact) mass is 293 g/mol. The summed E-state index contributed by atoms with van der Waals surface area (Å²) in [6, 6.07) is 15.5. The number of carbonyl (C=O) groups is 1. The maximum Gasteiger partial charge on any atom is 0.356 e. The van der Waals surface area contributed by atoms with E-state index >= 15 is 0 Å². The molecular weight excluding hydrogens is 278 g/mol. The van der Waals surface area contributed by atoms with E-state index in [4.69, 9.17) is 4.74 Å². The van der Waals surface area contributed by atoms with Crippen LogP contribution in [0.1, 0.15) is 17.4 Å². The number of ether oxygens (including phenoxy) is 1. The van der Waals surface area contributed by atoms with Crippen LogP contribution in [0, 0.1) is 0 Å². The number of nitrogens with one attached hydrogen (secondary N) is 1. The van der Waals surface area contributed by atoms with E-state index in [0.717, 1.165) is 16.8 Å². The van der Waals surface area contributed by atoms with Crippen LogP contribution in [-0.2, 0) is 4.74 Å². The molecule has 2 heterocycles.